The van der Waals surface area contributed by atoms with Crippen LogP contribution in [0.25, 0.3) is 0 Å². The van der Waals surface area contributed by atoms with E-state index in [1.165, 1.54) is 6.92 Å². The molecule has 0 amide bonds. The van der Waals surface area contributed by atoms with Gasteiger partial charge in [0.2, 0.25) is 0 Å². The third-order valence-corrected chi connectivity index (χ3v) is 2.84. The van der Waals surface area contributed by atoms with Crippen molar-refractivity contribution in [1.82, 2.24) is 0 Å². The van der Waals surface area contributed by atoms with Crippen molar-refractivity contribution in [3.8, 4) is 0 Å². The standard InChI is InChI=1S/C10H13F9O/c1-3-4-5-6(2,20)7(11,12)8(13,14)9(15,16)10(17,18)19/h20H,3-5H2,1-2H3. The molecule has 1 N–H and O–H groups in total. The number of hydrogen-bond donors (Lipinski definition) is 1. The van der Waals surface area contributed by atoms with Gasteiger partial charge in [-0.2, -0.15) is 39.5 Å². The largest absolute Gasteiger partial charge is 0.460 e. The SMILES string of the molecule is CCCCC(C)(O)C(F)(F)C(F)(F)C(F)(F)C(F)(F)F. The topological polar surface area (TPSA) is 20.2 Å². The third kappa shape index (κ3) is 2.84. The van der Waals surface area contributed by atoms with Crippen LogP contribution in [0.4, 0.5) is 39.5 Å². The van der Waals surface area contributed by atoms with E-state index < -0.39 is 36.0 Å². The molecule has 0 spiro atoms. The molecule has 0 fully saturated rings. The van der Waals surface area contributed by atoms with E-state index in [2.05, 4.69) is 0 Å². The number of unbranched alkanes of at least 4 members (excludes halogenated alkanes) is 1. The van der Waals surface area contributed by atoms with Crippen LogP contribution < -0.4 is 0 Å². The zero-order valence-electron chi connectivity index (χ0n) is 10.5. The predicted molar refractivity (Wildman–Crippen MR) is 51.0 cm³/mol. The Kier molecular flexibility index (Phi) is 5.09. The molecule has 0 rings (SSSR count). The summed E-state index contributed by atoms with van der Waals surface area (Å²) in [5.41, 5.74) is -3.71. The molecule has 0 aromatic rings. The van der Waals surface area contributed by atoms with E-state index in [0.29, 0.717) is 0 Å². The highest BCUT2D eigenvalue weighted by Crippen LogP contribution is 2.56. The lowest BCUT2D eigenvalue weighted by atomic mass is 9.85. The summed E-state index contributed by atoms with van der Waals surface area (Å²) in [6.45, 7) is 1.53. The zero-order chi connectivity index (χ0) is 16.6. The second-order valence-electron chi connectivity index (χ2n) is 4.60. The van der Waals surface area contributed by atoms with Crippen LogP contribution in [-0.4, -0.2) is 34.7 Å². The Morgan fingerprint density at radius 2 is 1.15 bits per heavy atom. The molecule has 1 atom stereocenters. The van der Waals surface area contributed by atoms with Gasteiger partial charge in [0.15, 0.2) is 0 Å². The molecule has 0 aromatic heterocycles. The molecule has 0 saturated heterocycles. The summed E-state index contributed by atoms with van der Waals surface area (Å²) in [6.07, 6.45) is -8.04. The van der Waals surface area contributed by atoms with Crippen LogP contribution in [-0.2, 0) is 0 Å². The minimum Gasteiger partial charge on any atom is -0.384 e. The molecular formula is C10H13F9O. The van der Waals surface area contributed by atoms with Gasteiger partial charge in [-0.15, -0.1) is 0 Å². The molecule has 122 valence electrons. The maximum Gasteiger partial charge on any atom is 0.460 e. The van der Waals surface area contributed by atoms with Crippen LogP contribution in [0.3, 0.4) is 0 Å². The minimum absolute atomic E-state index is 0.100. The fourth-order valence-corrected chi connectivity index (χ4v) is 1.39. The Morgan fingerprint density at radius 3 is 1.45 bits per heavy atom. The number of hydrogen-bond acceptors (Lipinski definition) is 1. The van der Waals surface area contributed by atoms with Crippen molar-refractivity contribution in [2.75, 3.05) is 0 Å². The van der Waals surface area contributed by atoms with E-state index in [1.54, 1.807) is 0 Å². The van der Waals surface area contributed by atoms with Crippen molar-refractivity contribution in [3.63, 3.8) is 0 Å². The van der Waals surface area contributed by atoms with Crippen molar-refractivity contribution in [2.24, 2.45) is 0 Å². The summed E-state index contributed by atoms with van der Waals surface area (Å²) >= 11 is 0. The van der Waals surface area contributed by atoms with E-state index in [0.717, 1.165) is 0 Å². The lowest BCUT2D eigenvalue weighted by molar-refractivity contribution is -0.415. The smallest absolute Gasteiger partial charge is 0.384 e. The first-order chi connectivity index (χ1) is 8.56. The highest BCUT2D eigenvalue weighted by Gasteiger charge is 2.84. The molecule has 1 unspecified atom stereocenters. The molecular weight excluding hydrogens is 307 g/mol. The Morgan fingerprint density at radius 1 is 0.750 bits per heavy atom. The minimum atomic E-state index is -6.97. The first-order valence-electron chi connectivity index (χ1n) is 5.49. The second-order valence-corrected chi connectivity index (χ2v) is 4.60. The summed E-state index contributed by atoms with van der Waals surface area (Å²) in [5, 5.41) is 9.21. The van der Waals surface area contributed by atoms with Gasteiger partial charge in [-0.25, -0.2) is 0 Å². The normalized spacial score (nSPS) is 18.0. The van der Waals surface area contributed by atoms with Crippen molar-refractivity contribution in [3.05, 3.63) is 0 Å². The molecule has 0 aliphatic heterocycles. The highest BCUT2D eigenvalue weighted by atomic mass is 19.4. The van der Waals surface area contributed by atoms with Gasteiger partial charge < -0.3 is 5.11 Å². The molecule has 1 nitrogen and oxygen atoms in total. The Bertz CT molecular complexity index is 332. The van der Waals surface area contributed by atoms with Crippen LogP contribution in [0.1, 0.15) is 33.1 Å². The fraction of sp³-hybridized carbons (Fsp3) is 1.00. The van der Waals surface area contributed by atoms with Gasteiger partial charge in [-0.05, 0) is 13.3 Å². The monoisotopic (exact) mass is 320 g/mol. The first kappa shape index (κ1) is 19.3. The van der Waals surface area contributed by atoms with Crippen LogP contribution in [0, 0.1) is 0 Å². The number of aliphatic hydroxyl groups is 1. The van der Waals surface area contributed by atoms with Crippen molar-refractivity contribution in [2.45, 2.75) is 62.7 Å². The van der Waals surface area contributed by atoms with Crippen molar-refractivity contribution in [1.29, 1.82) is 0 Å². The average molecular weight is 320 g/mol. The lowest BCUT2D eigenvalue weighted by Gasteiger charge is -2.40. The molecule has 0 saturated carbocycles. The van der Waals surface area contributed by atoms with Gasteiger partial charge >= 0.3 is 23.9 Å². The molecule has 0 bridgehead atoms. The molecule has 0 heterocycles. The summed E-state index contributed by atoms with van der Waals surface area (Å²) in [7, 11) is 0. The zero-order valence-corrected chi connectivity index (χ0v) is 10.5. The Balaban J connectivity index is 5.68. The van der Waals surface area contributed by atoms with Crippen molar-refractivity contribution >= 4 is 0 Å². The summed E-state index contributed by atoms with van der Waals surface area (Å²) in [4.78, 5) is 0. The number of halogens is 9. The molecule has 0 aromatic carbocycles. The number of alkyl halides is 9. The van der Waals surface area contributed by atoms with Gasteiger partial charge in [0.05, 0.1) is 0 Å². The van der Waals surface area contributed by atoms with E-state index in [-0.39, 0.29) is 19.8 Å². The third-order valence-electron chi connectivity index (χ3n) is 2.84. The van der Waals surface area contributed by atoms with Crippen LogP contribution >= 0.6 is 0 Å². The van der Waals surface area contributed by atoms with Gasteiger partial charge in [0.1, 0.15) is 5.60 Å². The summed E-state index contributed by atoms with van der Waals surface area (Å²) < 4.78 is 113. The maximum absolute atomic E-state index is 13.3. The van der Waals surface area contributed by atoms with E-state index in [4.69, 9.17) is 0 Å². The molecule has 20 heavy (non-hydrogen) atoms. The fourth-order valence-electron chi connectivity index (χ4n) is 1.39. The molecule has 0 aliphatic rings. The summed E-state index contributed by atoms with van der Waals surface area (Å²) in [5.74, 6) is -19.7. The molecule has 0 aliphatic carbocycles. The van der Waals surface area contributed by atoms with Crippen molar-refractivity contribution < 1.29 is 44.6 Å². The predicted octanol–water partition coefficient (Wildman–Crippen LogP) is 4.40. The maximum atomic E-state index is 13.3. The Labute approximate surface area is 108 Å². The van der Waals surface area contributed by atoms with E-state index >= 15 is 0 Å². The van der Waals surface area contributed by atoms with Crippen LogP contribution in [0.2, 0.25) is 0 Å². The van der Waals surface area contributed by atoms with Gasteiger partial charge in [0.25, 0.3) is 0 Å². The molecule has 10 heteroatoms. The quantitative estimate of drug-likeness (QED) is 0.720. The van der Waals surface area contributed by atoms with E-state index in [9.17, 15) is 44.6 Å². The first-order valence-corrected chi connectivity index (χ1v) is 5.49. The average Bonchev–Trinajstić information content (AvgIpc) is 2.24. The Hall–Kier alpha value is -0.670. The lowest BCUT2D eigenvalue weighted by Crippen LogP contribution is -2.67. The summed E-state index contributed by atoms with van der Waals surface area (Å²) in [6, 6.07) is 0. The molecule has 0 radical (unpaired) electrons. The second kappa shape index (κ2) is 5.27. The van der Waals surface area contributed by atoms with E-state index in [1.807, 2.05) is 0 Å². The van der Waals surface area contributed by atoms with Gasteiger partial charge in [0, 0.05) is 0 Å². The number of rotatable bonds is 6. The highest BCUT2D eigenvalue weighted by molar-refractivity contribution is 5.07. The van der Waals surface area contributed by atoms with Gasteiger partial charge in [-0.1, -0.05) is 19.8 Å². The van der Waals surface area contributed by atoms with Gasteiger partial charge in [-0.3, -0.25) is 0 Å². The van der Waals surface area contributed by atoms with Crippen LogP contribution in [0.5, 0.6) is 0 Å². The van der Waals surface area contributed by atoms with Crippen LogP contribution in [0.15, 0.2) is 0 Å².